The standard InChI is InChI=1S/C10H11NO3/c1-14-9(13)10-5-2-3-7(10)11-8(12)4-6-10/h3-4,6H,2,5H2,1H3,(H,11,12). The van der Waals surface area contributed by atoms with Gasteiger partial charge in [-0.25, -0.2) is 0 Å². The number of fused-ring (bicyclic) bond motifs is 1. The lowest BCUT2D eigenvalue weighted by molar-refractivity contribution is -0.148. The van der Waals surface area contributed by atoms with Gasteiger partial charge in [-0.15, -0.1) is 0 Å². The molecule has 2 rings (SSSR count). The Labute approximate surface area is 81.6 Å². The van der Waals surface area contributed by atoms with Gasteiger partial charge >= 0.3 is 5.97 Å². The summed E-state index contributed by atoms with van der Waals surface area (Å²) in [4.78, 5) is 22.7. The van der Waals surface area contributed by atoms with Crippen molar-refractivity contribution in [2.45, 2.75) is 12.8 Å². The summed E-state index contributed by atoms with van der Waals surface area (Å²) in [5.41, 5.74) is -0.0697. The molecule has 0 bridgehead atoms. The zero-order chi connectivity index (χ0) is 10.2. The minimum absolute atomic E-state index is 0.183. The van der Waals surface area contributed by atoms with Gasteiger partial charge in [-0.3, -0.25) is 9.59 Å². The van der Waals surface area contributed by atoms with Gasteiger partial charge in [-0.1, -0.05) is 12.2 Å². The van der Waals surface area contributed by atoms with Gasteiger partial charge in [0.1, 0.15) is 5.41 Å². The van der Waals surface area contributed by atoms with Crippen molar-refractivity contribution in [1.29, 1.82) is 0 Å². The van der Waals surface area contributed by atoms with Crippen LogP contribution < -0.4 is 5.32 Å². The minimum Gasteiger partial charge on any atom is -0.468 e. The molecular weight excluding hydrogens is 182 g/mol. The number of carbonyl (C=O) groups excluding carboxylic acids is 2. The Morgan fingerprint density at radius 2 is 2.43 bits per heavy atom. The molecule has 1 N–H and O–H groups in total. The largest absolute Gasteiger partial charge is 0.468 e. The molecule has 0 spiro atoms. The van der Waals surface area contributed by atoms with Gasteiger partial charge < -0.3 is 10.1 Å². The van der Waals surface area contributed by atoms with Gasteiger partial charge in [-0.05, 0) is 12.8 Å². The lowest BCUT2D eigenvalue weighted by atomic mass is 9.82. The smallest absolute Gasteiger partial charge is 0.321 e. The quantitative estimate of drug-likeness (QED) is 0.617. The molecular formula is C10H11NO3. The summed E-state index contributed by atoms with van der Waals surface area (Å²) in [6, 6.07) is 0. The molecule has 0 saturated heterocycles. The Morgan fingerprint density at radius 3 is 3.14 bits per heavy atom. The van der Waals surface area contributed by atoms with E-state index in [2.05, 4.69) is 5.32 Å². The number of hydrogen-bond donors (Lipinski definition) is 1. The SMILES string of the molecule is COC(=O)C12C=CC(=O)NC1=CCC2. The number of methoxy groups -OCH3 is 1. The lowest BCUT2D eigenvalue weighted by Gasteiger charge is -2.28. The minimum atomic E-state index is -0.733. The van der Waals surface area contributed by atoms with E-state index in [9.17, 15) is 9.59 Å². The third kappa shape index (κ3) is 1.07. The highest BCUT2D eigenvalue weighted by molar-refractivity contribution is 5.96. The highest BCUT2D eigenvalue weighted by Gasteiger charge is 2.45. The van der Waals surface area contributed by atoms with E-state index >= 15 is 0 Å². The van der Waals surface area contributed by atoms with Crippen LogP contribution in [0, 0.1) is 5.41 Å². The van der Waals surface area contributed by atoms with Crippen LogP contribution in [0.3, 0.4) is 0 Å². The molecule has 1 aliphatic carbocycles. The Morgan fingerprint density at radius 1 is 1.64 bits per heavy atom. The van der Waals surface area contributed by atoms with Gasteiger partial charge in [0.2, 0.25) is 5.91 Å². The van der Waals surface area contributed by atoms with E-state index < -0.39 is 5.41 Å². The first-order valence-electron chi connectivity index (χ1n) is 4.48. The van der Waals surface area contributed by atoms with Crippen LogP contribution in [0.4, 0.5) is 0 Å². The molecule has 0 fully saturated rings. The predicted molar refractivity (Wildman–Crippen MR) is 49.0 cm³/mol. The number of allylic oxidation sites excluding steroid dienone is 1. The molecule has 1 unspecified atom stereocenters. The van der Waals surface area contributed by atoms with E-state index in [1.54, 1.807) is 6.08 Å². The molecule has 0 radical (unpaired) electrons. The second kappa shape index (κ2) is 2.97. The van der Waals surface area contributed by atoms with E-state index in [1.165, 1.54) is 13.2 Å². The van der Waals surface area contributed by atoms with E-state index in [4.69, 9.17) is 4.74 Å². The monoisotopic (exact) mass is 193 g/mol. The maximum atomic E-state index is 11.6. The van der Waals surface area contributed by atoms with Crippen LogP contribution in [0.1, 0.15) is 12.8 Å². The van der Waals surface area contributed by atoms with Crippen molar-refractivity contribution in [3.8, 4) is 0 Å². The normalized spacial score (nSPS) is 29.2. The van der Waals surface area contributed by atoms with Crippen molar-refractivity contribution in [3.63, 3.8) is 0 Å². The molecule has 1 heterocycles. The van der Waals surface area contributed by atoms with Gasteiger partial charge in [-0.2, -0.15) is 0 Å². The van der Waals surface area contributed by atoms with E-state index in [0.717, 1.165) is 6.42 Å². The molecule has 74 valence electrons. The second-order valence-corrected chi connectivity index (χ2v) is 3.44. The molecule has 1 amide bonds. The summed E-state index contributed by atoms with van der Waals surface area (Å²) in [5.74, 6) is -0.491. The van der Waals surface area contributed by atoms with E-state index in [1.807, 2.05) is 6.08 Å². The van der Waals surface area contributed by atoms with Crippen LogP contribution >= 0.6 is 0 Å². The number of esters is 1. The predicted octanol–water partition coefficient (Wildman–Crippen LogP) is 0.509. The molecule has 14 heavy (non-hydrogen) atoms. The summed E-state index contributed by atoms with van der Waals surface area (Å²) >= 11 is 0. The van der Waals surface area contributed by atoms with Gasteiger partial charge in [0.15, 0.2) is 0 Å². The molecule has 1 aliphatic heterocycles. The second-order valence-electron chi connectivity index (χ2n) is 3.44. The molecule has 1 atom stereocenters. The Bertz CT molecular complexity index is 356. The third-order valence-electron chi connectivity index (χ3n) is 2.69. The van der Waals surface area contributed by atoms with Crippen molar-refractivity contribution in [2.24, 2.45) is 5.41 Å². The molecule has 4 heteroatoms. The van der Waals surface area contributed by atoms with Crippen molar-refractivity contribution < 1.29 is 14.3 Å². The van der Waals surface area contributed by atoms with Crippen LogP contribution in [0.5, 0.6) is 0 Å². The van der Waals surface area contributed by atoms with Crippen LogP contribution in [-0.4, -0.2) is 19.0 Å². The summed E-state index contributed by atoms with van der Waals surface area (Å²) < 4.78 is 4.75. The zero-order valence-corrected chi connectivity index (χ0v) is 7.87. The number of nitrogens with one attached hydrogen (secondary N) is 1. The topological polar surface area (TPSA) is 55.4 Å². The van der Waals surface area contributed by atoms with Gasteiger partial charge in [0.25, 0.3) is 0 Å². The Kier molecular flexibility index (Phi) is 1.91. The van der Waals surface area contributed by atoms with E-state index in [0.29, 0.717) is 12.1 Å². The number of ether oxygens (including phenoxy) is 1. The summed E-state index contributed by atoms with van der Waals surface area (Å²) in [6.45, 7) is 0. The summed E-state index contributed by atoms with van der Waals surface area (Å²) in [7, 11) is 1.36. The number of rotatable bonds is 1. The molecule has 0 aromatic rings. The fourth-order valence-electron chi connectivity index (χ4n) is 1.95. The first-order chi connectivity index (χ1) is 6.69. The molecule has 2 aliphatic rings. The Hall–Kier alpha value is -1.58. The van der Waals surface area contributed by atoms with Crippen LogP contribution in [0.15, 0.2) is 23.9 Å². The Balaban J connectivity index is 2.42. The van der Waals surface area contributed by atoms with E-state index in [-0.39, 0.29) is 11.9 Å². The third-order valence-corrected chi connectivity index (χ3v) is 2.69. The highest BCUT2D eigenvalue weighted by Crippen LogP contribution is 2.41. The fourth-order valence-corrected chi connectivity index (χ4v) is 1.95. The average Bonchev–Trinajstić information content (AvgIpc) is 2.60. The fraction of sp³-hybridized carbons (Fsp3) is 0.400. The maximum Gasteiger partial charge on any atom is 0.321 e. The van der Waals surface area contributed by atoms with Crippen molar-refractivity contribution in [1.82, 2.24) is 5.32 Å². The lowest BCUT2D eigenvalue weighted by Crippen LogP contribution is -2.41. The highest BCUT2D eigenvalue weighted by atomic mass is 16.5. The van der Waals surface area contributed by atoms with Crippen LogP contribution in [0.2, 0.25) is 0 Å². The zero-order valence-electron chi connectivity index (χ0n) is 7.87. The van der Waals surface area contributed by atoms with Crippen molar-refractivity contribution >= 4 is 11.9 Å². The average molecular weight is 193 g/mol. The number of carbonyl (C=O) groups is 2. The van der Waals surface area contributed by atoms with Crippen LogP contribution in [-0.2, 0) is 14.3 Å². The summed E-state index contributed by atoms with van der Waals surface area (Å²) in [6.07, 6.45) is 6.36. The molecule has 0 aromatic carbocycles. The van der Waals surface area contributed by atoms with Gasteiger partial charge in [0.05, 0.1) is 7.11 Å². The van der Waals surface area contributed by atoms with Crippen LogP contribution in [0.25, 0.3) is 0 Å². The van der Waals surface area contributed by atoms with Gasteiger partial charge in [0, 0.05) is 11.8 Å². The number of hydrogen-bond acceptors (Lipinski definition) is 3. The maximum absolute atomic E-state index is 11.6. The molecule has 4 nitrogen and oxygen atoms in total. The molecule has 0 saturated carbocycles. The van der Waals surface area contributed by atoms with Crippen molar-refractivity contribution in [3.05, 3.63) is 23.9 Å². The first-order valence-corrected chi connectivity index (χ1v) is 4.48. The van der Waals surface area contributed by atoms with Crippen molar-refractivity contribution in [2.75, 3.05) is 7.11 Å². The summed E-state index contributed by atoms with van der Waals surface area (Å²) in [5, 5.41) is 2.67. The first kappa shape index (κ1) is 8.99. The molecule has 0 aromatic heterocycles. The number of amides is 1.